The largest absolute Gasteiger partial charge is 0.416 e. The van der Waals surface area contributed by atoms with Crippen LogP contribution >= 0.6 is 11.6 Å². The molecule has 11 heteroatoms. The summed E-state index contributed by atoms with van der Waals surface area (Å²) in [6.45, 7) is 15.6. The minimum atomic E-state index is -1.97. The summed E-state index contributed by atoms with van der Waals surface area (Å²) < 4.78 is 6.67. The number of aromatic nitrogens is 2. The molecule has 0 bridgehead atoms. The number of anilines is 4. The highest BCUT2D eigenvalue weighted by atomic mass is 35.5. The molecule has 1 atom stereocenters. The predicted octanol–water partition coefficient (Wildman–Crippen LogP) is 6.57. The van der Waals surface area contributed by atoms with Crippen molar-refractivity contribution in [2.24, 2.45) is 0 Å². The van der Waals surface area contributed by atoms with Gasteiger partial charge in [0, 0.05) is 53.1 Å². The molecule has 44 heavy (non-hydrogen) atoms. The van der Waals surface area contributed by atoms with Crippen LogP contribution in [0.4, 0.5) is 23.0 Å². The fraction of sp³-hybridized carbons (Fsp3) is 0.455. The van der Waals surface area contributed by atoms with Crippen molar-refractivity contribution in [3.05, 3.63) is 58.2 Å². The molecule has 0 saturated carbocycles. The Labute approximate surface area is 266 Å². The Bertz CT molecular complexity index is 1650. The Morgan fingerprint density at radius 3 is 2.70 bits per heavy atom. The quantitative estimate of drug-likeness (QED) is 0.269. The molecule has 3 heterocycles. The van der Waals surface area contributed by atoms with E-state index in [9.17, 15) is 10.1 Å². The third-order valence-electron chi connectivity index (χ3n) is 9.14. The third kappa shape index (κ3) is 6.20. The molecule has 232 valence electrons. The first kappa shape index (κ1) is 31.9. The van der Waals surface area contributed by atoms with Crippen LogP contribution < -0.4 is 15.5 Å². The predicted molar refractivity (Wildman–Crippen MR) is 181 cm³/mol. The zero-order valence-corrected chi connectivity index (χ0v) is 28.7. The lowest BCUT2D eigenvalue weighted by molar-refractivity contribution is -0.119. The average molecular weight is 632 g/mol. The van der Waals surface area contributed by atoms with Crippen molar-refractivity contribution in [3.8, 4) is 17.3 Å². The molecule has 2 N–H and O–H groups in total. The Morgan fingerprint density at radius 2 is 2.02 bits per heavy atom. The van der Waals surface area contributed by atoms with E-state index < -0.39 is 8.32 Å². The van der Waals surface area contributed by atoms with Gasteiger partial charge >= 0.3 is 0 Å². The molecule has 5 rings (SSSR count). The van der Waals surface area contributed by atoms with Crippen LogP contribution in [0.1, 0.15) is 44.4 Å². The van der Waals surface area contributed by atoms with E-state index in [0.717, 1.165) is 33.8 Å². The maximum absolute atomic E-state index is 12.9. The Hall–Kier alpha value is -3.49. The van der Waals surface area contributed by atoms with E-state index >= 15 is 0 Å². The lowest BCUT2D eigenvalue weighted by atomic mass is 9.83. The number of hydrogen-bond donors (Lipinski definition) is 2. The summed E-state index contributed by atoms with van der Waals surface area (Å²) in [5.41, 5.74) is 6.34. The minimum absolute atomic E-state index is 0.0290. The number of nitrogens with one attached hydrogen (secondary N) is 2. The van der Waals surface area contributed by atoms with Gasteiger partial charge < -0.3 is 24.9 Å². The molecule has 0 aliphatic carbocycles. The number of nitrogens with zero attached hydrogens (tertiary/aromatic N) is 5. The number of amides is 1. The molecule has 1 aromatic heterocycles. The summed E-state index contributed by atoms with van der Waals surface area (Å²) in [5.74, 6) is 0.438. The molecule has 0 fully saturated rings. The second-order valence-corrected chi connectivity index (χ2v) is 19.1. The van der Waals surface area contributed by atoms with Gasteiger partial charge in [-0.25, -0.2) is 9.97 Å². The molecular formula is C33H42ClN7O2Si. The highest BCUT2D eigenvalue weighted by Gasteiger charge is 2.42. The van der Waals surface area contributed by atoms with Crippen molar-refractivity contribution in [1.82, 2.24) is 14.9 Å². The standard InChI is InChI=1S/C33H42ClN7O2Si/c1-32(2,3)44(7,8)43-20-33(4)19-37-30-22(17-35)13-21(14-25(30)33)26-9-11-36-31(38-26)39-27-15-23(34)16-28-24(27)10-12-41(28)29(42)18-40(5)6/h9,11,13-16,37H,10,12,18-20H2,1-8H3,(H,36,38,39)/t33-/m1/s1. The summed E-state index contributed by atoms with van der Waals surface area (Å²) in [6, 6.07) is 11.9. The van der Waals surface area contributed by atoms with E-state index in [-0.39, 0.29) is 16.4 Å². The van der Waals surface area contributed by atoms with Crippen LogP contribution in [0.15, 0.2) is 36.5 Å². The Balaban J connectivity index is 1.45. The Morgan fingerprint density at radius 1 is 1.27 bits per heavy atom. The van der Waals surface area contributed by atoms with Gasteiger partial charge in [-0.15, -0.1) is 0 Å². The first-order valence-electron chi connectivity index (χ1n) is 15.0. The topological polar surface area (TPSA) is 106 Å². The normalized spacial score (nSPS) is 17.7. The van der Waals surface area contributed by atoms with Gasteiger partial charge in [0.1, 0.15) is 6.07 Å². The van der Waals surface area contributed by atoms with Gasteiger partial charge in [0.2, 0.25) is 11.9 Å². The fourth-order valence-corrected chi connectivity index (χ4v) is 6.83. The third-order valence-corrected chi connectivity index (χ3v) is 13.8. The SMILES string of the molecule is CN(C)CC(=O)N1CCc2c(Nc3nccc(-c4cc(C#N)c5c(c4)[C@@](C)(CO[Si](C)(C)C(C)(C)C)CN5)n3)cc(Cl)cc21. The van der Waals surface area contributed by atoms with Gasteiger partial charge in [-0.05, 0) is 74.5 Å². The second kappa shape index (κ2) is 11.8. The second-order valence-electron chi connectivity index (χ2n) is 13.9. The zero-order chi connectivity index (χ0) is 32.0. The van der Waals surface area contributed by atoms with E-state index in [1.54, 1.807) is 11.1 Å². The lowest BCUT2D eigenvalue weighted by Gasteiger charge is -2.39. The van der Waals surface area contributed by atoms with Crippen molar-refractivity contribution in [2.75, 3.05) is 55.9 Å². The van der Waals surface area contributed by atoms with E-state index in [4.69, 9.17) is 21.0 Å². The summed E-state index contributed by atoms with van der Waals surface area (Å²) in [7, 11) is 1.79. The van der Waals surface area contributed by atoms with Crippen molar-refractivity contribution in [3.63, 3.8) is 0 Å². The molecular weight excluding hydrogens is 590 g/mol. The number of carbonyl (C=O) groups is 1. The molecule has 0 spiro atoms. The molecule has 2 aliphatic heterocycles. The van der Waals surface area contributed by atoms with Crippen LogP contribution in [0.3, 0.4) is 0 Å². The summed E-state index contributed by atoms with van der Waals surface area (Å²) in [5, 5.41) is 17.5. The molecule has 2 aliphatic rings. The molecule has 1 amide bonds. The number of likely N-dealkylation sites (N-methyl/N-ethyl adjacent to an activating group) is 1. The maximum Gasteiger partial charge on any atom is 0.241 e. The molecule has 3 aromatic rings. The summed E-state index contributed by atoms with van der Waals surface area (Å²) in [4.78, 5) is 25.9. The lowest BCUT2D eigenvalue weighted by Crippen LogP contribution is -2.45. The highest BCUT2D eigenvalue weighted by molar-refractivity contribution is 6.74. The van der Waals surface area contributed by atoms with Gasteiger partial charge in [-0.2, -0.15) is 5.26 Å². The summed E-state index contributed by atoms with van der Waals surface area (Å²) >= 11 is 6.52. The molecule has 2 aromatic carbocycles. The monoisotopic (exact) mass is 631 g/mol. The van der Waals surface area contributed by atoms with Crippen LogP contribution in [0.25, 0.3) is 11.3 Å². The van der Waals surface area contributed by atoms with Crippen molar-refractivity contribution >= 4 is 48.8 Å². The Kier molecular flexibility index (Phi) is 8.55. The minimum Gasteiger partial charge on any atom is -0.416 e. The van der Waals surface area contributed by atoms with Crippen LogP contribution in [0.2, 0.25) is 23.2 Å². The average Bonchev–Trinajstić information content (AvgIpc) is 3.52. The molecule has 9 nitrogen and oxygen atoms in total. The van der Waals surface area contributed by atoms with E-state index in [1.807, 2.05) is 43.3 Å². The van der Waals surface area contributed by atoms with Crippen LogP contribution in [-0.4, -0.2) is 69.4 Å². The van der Waals surface area contributed by atoms with Crippen LogP contribution in [0, 0.1) is 11.3 Å². The van der Waals surface area contributed by atoms with Gasteiger partial charge in [0.15, 0.2) is 8.32 Å². The van der Waals surface area contributed by atoms with E-state index in [2.05, 4.69) is 68.5 Å². The summed E-state index contributed by atoms with van der Waals surface area (Å²) in [6.07, 6.45) is 2.41. The van der Waals surface area contributed by atoms with Gasteiger partial charge in [0.05, 0.1) is 29.2 Å². The number of nitriles is 1. The molecule has 0 unspecified atom stereocenters. The number of carbonyl (C=O) groups excluding carboxylic acids is 1. The number of rotatable bonds is 8. The van der Waals surface area contributed by atoms with Gasteiger partial charge in [-0.3, -0.25) is 4.79 Å². The maximum atomic E-state index is 12.9. The number of hydrogen-bond acceptors (Lipinski definition) is 8. The molecule has 0 radical (unpaired) electrons. The first-order chi connectivity index (χ1) is 20.6. The number of benzene rings is 2. The molecule has 0 saturated heterocycles. The number of fused-ring (bicyclic) bond motifs is 2. The van der Waals surface area contributed by atoms with Crippen LogP contribution in [-0.2, 0) is 21.1 Å². The zero-order valence-electron chi connectivity index (χ0n) is 26.9. The van der Waals surface area contributed by atoms with Crippen molar-refractivity contribution in [1.29, 1.82) is 5.26 Å². The first-order valence-corrected chi connectivity index (χ1v) is 18.2. The fourth-order valence-electron chi connectivity index (χ4n) is 5.50. The number of halogens is 1. The van der Waals surface area contributed by atoms with E-state index in [0.29, 0.717) is 54.9 Å². The van der Waals surface area contributed by atoms with Crippen molar-refractivity contribution < 1.29 is 9.22 Å². The smallest absolute Gasteiger partial charge is 0.241 e. The van der Waals surface area contributed by atoms with Gasteiger partial charge in [0.25, 0.3) is 0 Å². The van der Waals surface area contributed by atoms with Crippen LogP contribution in [0.5, 0.6) is 0 Å². The van der Waals surface area contributed by atoms with Gasteiger partial charge in [-0.1, -0.05) is 39.3 Å². The van der Waals surface area contributed by atoms with Crippen molar-refractivity contribution in [2.45, 2.75) is 57.7 Å². The van der Waals surface area contributed by atoms with E-state index in [1.165, 1.54) is 0 Å². The highest BCUT2D eigenvalue weighted by Crippen LogP contribution is 2.44.